The third-order valence-corrected chi connectivity index (χ3v) is 5.83. The summed E-state index contributed by atoms with van der Waals surface area (Å²) in [5.74, 6) is 0.780. The molecule has 2 aliphatic rings. The van der Waals surface area contributed by atoms with Crippen molar-refractivity contribution in [3.05, 3.63) is 65.7 Å². The van der Waals surface area contributed by atoms with Crippen LogP contribution in [-0.4, -0.2) is 32.2 Å². The van der Waals surface area contributed by atoms with E-state index in [0.29, 0.717) is 35.5 Å². The highest BCUT2D eigenvalue weighted by Crippen LogP contribution is 2.39. The van der Waals surface area contributed by atoms with Gasteiger partial charge in [-0.15, -0.1) is 0 Å². The largest absolute Gasteiger partial charge is 0.496 e. The zero-order valence-electron chi connectivity index (χ0n) is 17.1. The van der Waals surface area contributed by atoms with E-state index in [1.807, 2.05) is 6.07 Å². The molecule has 5 nitrogen and oxygen atoms in total. The Hall–Kier alpha value is -2.86. The number of carbonyl (C=O) groups is 1. The Morgan fingerprint density at radius 3 is 2.63 bits per heavy atom. The smallest absolute Gasteiger partial charge is 0.173 e. The van der Waals surface area contributed by atoms with Crippen LogP contribution < -0.4 is 9.47 Å². The molecular weight excluding hydrogens is 387 g/mol. The van der Waals surface area contributed by atoms with Crippen LogP contribution in [0.25, 0.3) is 5.57 Å². The summed E-state index contributed by atoms with van der Waals surface area (Å²) in [6.07, 6.45) is 3.29. The van der Waals surface area contributed by atoms with Gasteiger partial charge < -0.3 is 18.9 Å². The van der Waals surface area contributed by atoms with Crippen molar-refractivity contribution >= 4 is 11.4 Å². The Morgan fingerprint density at radius 2 is 1.87 bits per heavy atom. The summed E-state index contributed by atoms with van der Waals surface area (Å²) in [6, 6.07) is 12.0. The van der Waals surface area contributed by atoms with Crippen molar-refractivity contribution < 1.29 is 28.1 Å². The molecule has 3 atom stereocenters. The molecule has 30 heavy (non-hydrogen) atoms. The van der Waals surface area contributed by atoms with Gasteiger partial charge in [0.1, 0.15) is 11.9 Å². The van der Waals surface area contributed by atoms with Crippen molar-refractivity contribution in [2.24, 2.45) is 5.92 Å². The monoisotopic (exact) mass is 412 g/mol. The molecule has 2 aromatic carbocycles. The van der Waals surface area contributed by atoms with Gasteiger partial charge in [-0.1, -0.05) is 24.3 Å². The summed E-state index contributed by atoms with van der Waals surface area (Å²) >= 11 is 0. The summed E-state index contributed by atoms with van der Waals surface area (Å²) < 4.78 is 36.3. The summed E-state index contributed by atoms with van der Waals surface area (Å²) in [5, 5.41) is 0. The molecule has 3 unspecified atom stereocenters. The van der Waals surface area contributed by atoms with Crippen LogP contribution in [0.1, 0.15) is 30.4 Å². The Labute approximate surface area is 175 Å². The number of methoxy groups -OCH3 is 2. The van der Waals surface area contributed by atoms with Gasteiger partial charge in [-0.2, -0.15) is 0 Å². The van der Waals surface area contributed by atoms with E-state index in [4.69, 9.17) is 18.9 Å². The molecule has 1 saturated carbocycles. The minimum atomic E-state index is -0.266. The zero-order chi connectivity index (χ0) is 21.1. The summed E-state index contributed by atoms with van der Waals surface area (Å²) in [6.45, 7) is 0.218. The fourth-order valence-corrected chi connectivity index (χ4v) is 4.14. The minimum Gasteiger partial charge on any atom is -0.496 e. The number of rotatable bonds is 6. The first-order valence-electron chi connectivity index (χ1n) is 10.1. The fraction of sp³-hybridized carbons (Fsp3) is 0.375. The standard InChI is InChI=1S/C24H25FO5/c1-27-21-10-7-15(11-23(21)28-2)19-14-30-22-12-17(8-9-18(22)24(19)26)29-13-16-5-3-4-6-20(16)25/h3-7,10-11,14,17-18,22H,8-9,12-13H2,1-2H3. The number of fused-ring (bicyclic) bond motifs is 1. The molecule has 1 heterocycles. The molecule has 1 aliphatic carbocycles. The number of ether oxygens (including phenoxy) is 4. The van der Waals surface area contributed by atoms with Crippen molar-refractivity contribution in [2.45, 2.75) is 38.1 Å². The second-order valence-electron chi connectivity index (χ2n) is 7.58. The van der Waals surface area contributed by atoms with Crippen LogP contribution in [0, 0.1) is 11.7 Å². The van der Waals surface area contributed by atoms with Crippen LogP contribution in [0.4, 0.5) is 4.39 Å². The summed E-state index contributed by atoms with van der Waals surface area (Å²) in [5.41, 5.74) is 1.83. The van der Waals surface area contributed by atoms with Gasteiger partial charge in [0.25, 0.3) is 0 Å². The van der Waals surface area contributed by atoms with E-state index in [1.165, 1.54) is 6.07 Å². The van der Waals surface area contributed by atoms with E-state index in [-0.39, 0.29) is 36.3 Å². The third-order valence-electron chi connectivity index (χ3n) is 5.83. The number of Topliss-reactive ketones (excluding diaryl/α,β-unsaturated/α-hetero) is 1. The fourth-order valence-electron chi connectivity index (χ4n) is 4.14. The lowest BCUT2D eigenvalue weighted by molar-refractivity contribution is -0.128. The summed E-state index contributed by atoms with van der Waals surface area (Å²) in [7, 11) is 3.14. The van der Waals surface area contributed by atoms with E-state index >= 15 is 0 Å². The molecule has 1 aliphatic heterocycles. The second kappa shape index (κ2) is 8.88. The average molecular weight is 412 g/mol. The molecule has 4 rings (SSSR count). The number of ketones is 1. The summed E-state index contributed by atoms with van der Waals surface area (Å²) in [4.78, 5) is 13.1. The predicted molar refractivity (Wildman–Crippen MR) is 110 cm³/mol. The molecule has 1 fully saturated rings. The number of halogens is 1. The number of hydrogen-bond donors (Lipinski definition) is 0. The van der Waals surface area contributed by atoms with Crippen molar-refractivity contribution in [1.82, 2.24) is 0 Å². The van der Waals surface area contributed by atoms with E-state index in [2.05, 4.69) is 0 Å². The van der Waals surface area contributed by atoms with E-state index in [1.54, 1.807) is 50.8 Å². The quantitative estimate of drug-likeness (QED) is 0.697. The number of benzene rings is 2. The molecule has 158 valence electrons. The van der Waals surface area contributed by atoms with Gasteiger partial charge in [-0.3, -0.25) is 4.79 Å². The molecule has 0 saturated heterocycles. The van der Waals surface area contributed by atoms with E-state index in [0.717, 1.165) is 12.0 Å². The molecule has 0 aromatic heterocycles. The van der Waals surface area contributed by atoms with Gasteiger partial charge >= 0.3 is 0 Å². The molecule has 0 bridgehead atoms. The van der Waals surface area contributed by atoms with Crippen LogP contribution in [0.3, 0.4) is 0 Å². The molecule has 0 amide bonds. The van der Waals surface area contributed by atoms with E-state index < -0.39 is 0 Å². The van der Waals surface area contributed by atoms with E-state index in [9.17, 15) is 9.18 Å². The molecule has 6 heteroatoms. The van der Waals surface area contributed by atoms with Crippen molar-refractivity contribution in [2.75, 3.05) is 14.2 Å². The van der Waals surface area contributed by atoms with Gasteiger partial charge in [0.2, 0.25) is 0 Å². The first-order chi connectivity index (χ1) is 14.6. The molecule has 0 radical (unpaired) electrons. The highest BCUT2D eigenvalue weighted by molar-refractivity contribution is 6.22. The Morgan fingerprint density at radius 1 is 1.07 bits per heavy atom. The van der Waals surface area contributed by atoms with Crippen molar-refractivity contribution in [3.8, 4) is 11.5 Å². The minimum absolute atomic E-state index is 0.0605. The van der Waals surface area contributed by atoms with Gasteiger partial charge in [-0.05, 0) is 36.6 Å². The maximum absolute atomic E-state index is 13.8. The van der Waals surface area contributed by atoms with Crippen molar-refractivity contribution in [1.29, 1.82) is 0 Å². The van der Waals surface area contributed by atoms with Crippen LogP contribution in [0.15, 0.2) is 48.7 Å². The van der Waals surface area contributed by atoms with Gasteiger partial charge in [-0.25, -0.2) is 4.39 Å². The van der Waals surface area contributed by atoms with Crippen LogP contribution in [0.2, 0.25) is 0 Å². The van der Waals surface area contributed by atoms with Crippen LogP contribution in [-0.2, 0) is 20.9 Å². The Bertz CT molecular complexity index is 954. The third kappa shape index (κ3) is 4.05. The van der Waals surface area contributed by atoms with Gasteiger partial charge in [0.15, 0.2) is 17.3 Å². The SMILES string of the molecule is COc1ccc(C2=COC3CC(OCc4ccccc4F)CCC3C2=O)cc1OC. The lowest BCUT2D eigenvalue weighted by atomic mass is 9.78. The topological polar surface area (TPSA) is 54.0 Å². The number of allylic oxidation sites excluding steroid dienone is 1. The molecule has 2 aromatic rings. The van der Waals surface area contributed by atoms with Gasteiger partial charge in [0.05, 0.1) is 44.7 Å². The number of carbonyl (C=O) groups excluding carboxylic acids is 1. The highest BCUT2D eigenvalue weighted by atomic mass is 19.1. The van der Waals surface area contributed by atoms with Crippen molar-refractivity contribution in [3.63, 3.8) is 0 Å². The maximum atomic E-state index is 13.8. The Balaban J connectivity index is 1.43. The van der Waals surface area contributed by atoms with Gasteiger partial charge in [0, 0.05) is 12.0 Å². The first kappa shape index (κ1) is 20.4. The number of hydrogen-bond acceptors (Lipinski definition) is 5. The van der Waals surface area contributed by atoms with Crippen LogP contribution >= 0.6 is 0 Å². The highest BCUT2D eigenvalue weighted by Gasteiger charge is 2.40. The zero-order valence-corrected chi connectivity index (χ0v) is 17.1. The molecule has 0 N–H and O–H groups in total. The maximum Gasteiger partial charge on any atom is 0.173 e. The Kier molecular flexibility index (Phi) is 6.04. The first-order valence-corrected chi connectivity index (χ1v) is 10.1. The predicted octanol–water partition coefficient (Wildman–Crippen LogP) is 4.54. The lowest BCUT2D eigenvalue weighted by Gasteiger charge is -2.37. The average Bonchev–Trinajstić information content (AvgIpc) is 2.78. The molecule has 0 spiro atoms. The second-order valence-corrected chi connectivity index (χ2v) is 7.58. The van der Waals surface area contributed by atoms with Crippen LogP contribution in [0.5, 0.6) is 11.5 Å². The molecular formula is C24H25FO5. The lowest BCUT2D eigenvalue weighted by Crippen LogP contribution is -2.41. The normalized spacial score (nSPS) is 23.2.